The SMILES string of the molecule is [2H]C([2H])([2H])n1cc(NC=O)c(O[C@@H]2CCO[C@H]2C)n1. The van der Waals surface area contributed by atoms with E-state index in [0.717, 1.165) is 4.68 Å². The first-order chi connectivity index (χ1) is 8.91. The normalized spacial score (nSPS) is 27.9. The molecule has 0 radical (unpaired) electrons. The van der Waals surface area contributed by atoms with Gasteiger partial charge in [0.2, 0.25) is 6.41 Å². The number of anilines is 1. The highest BCUT2D eigenvalue weighted by Crippen LogP contribution is 2.26. The minimum Gasteiger partial charge on any atom is -0.469 e. The van der Waals surface area contributed by atoms with Gasteiger partial charge in [-0.15, -0.1) is 5.10 Å². The molecule has 0 bridgehead atoms. The van der Waals surface area contributed by atoms with E-state index in [-0.39, 0.29) is 23.8 Å². The summed E-state index contributed by atoms with van der Waals surface area (Å²) in [5.74, 6) is 0.0885. The number of carbonyl (C=O) groups excluding carboxylic acids is 1. The molecule has 6 nitrogen and oxygen atoms in total. The molecule has 1 aromatic heterocycles. The Morgan fingerprint density at radius 1 is 1.88 bits per heavy atom. The first-order valence-corrected chi connectivity index (χ1v) is 5.00. The van der Waals surface area contributed by atoms with Crippen LogP contribution in [0, 0.1) is 0 Å². The minimum atomic E-state index is -2.42. The lowest BCUT2D eigenvalue weighted by Crippen LogP contribution is -2.24. The van der Waals surface area contributed by atoms with Gasteiger partial charge >= 0.3 is 0 Å². The Labute approximate surface area is 97.7 Å². The maximum Gasteiger partial charge on any atom is 0.257 e. The number of rotatable bonds is 4. The maximum absolute atomic E-state index is 10.5. The summed E-state index contributed by atoms with van der Waals surface area (Å²) < 4.78 is 33.6. The summed E-state index contributed by atoms with van der Waals surface area (Å²) in [6.45, 7) is 0.0339. The molecule has 2 heterocycles. The number of carbonyl (C=O) groups is 1. The van der Waals surface area contributed by atoms with Gasteiger partial charge in [-0.2, -0.15) is 0 Å². The highest BCUT2D eigenvalue weighted by molar-refractivity contribution is 5.73. The number of hydrogen-bond acceptors (Lipinski definition) is 4. The van der Waals surface area contributed by atoms with Gasteiger partial charge in [0.15, 0.2) is 0 Å². The third-order valence-electron chi connectivity index (χ3n) is 2.46. The van der Waals surface area contributed by atoms with Crippen LogP contribution < -0.4 is 10.1 Å². The van der Waals surface area contributed by atoms with Crippen LogP contribution in [0.2, 0.25) is 0 Å². The van der Waals surface area contributed by atoms with Crippen LogP contribution in [-0.4, -0.2) is 35.0 Å². The van der Waals surface area contributed by atoms with Gasteiger partial charge in [-0.3, -0.25) is 9.48 Å². The molecule has 1 amide bonds. The number of nitrogens with one attached hydrogen (secondary N) is 1. The summed E-state index contributed by atoms with van der Waals surface area (Å²) >= 11 is 0. The molecular formula is C10H15N3O3. The van der Waals surface area contributed by atoms with Crippen molar-refractivity contribution in [3.63, 3.8) is 0 Å². The van der Waals surface area contributed by atoms with Gasteiger partial charge in [-0.25, -0.2) is 0 Å². The molecule has 1 saturated heterocycles. The Balaban J connectivity index is 2.22. The summed E-state index contributed by atoms with van der Waals surface area (Å²) in [5, 5.41) is 6.23. The second-order valence-corrected chi connectivity index (χ2v) is 3.58. The van der Waals surface area contributed by atoms with Gasteiger partial charge in [-0.1, -0.05) is 0 Å². The zero-order valence-corrected chi connectivity index (χ0v) is 8.84. The number of aryl methyl sites for hydroxylation is 1. The van der Waals surface area contributed by atoms with E-state index in [1.165, 1.54) is 6.20 Å². The second kappa shape index (κ2) is 4.52. The van der Waals surface area contributed by atoms with E-state index in [2.05, 4.69) is 10.4 Å². The van der Waals surface area contributed by atoms with Gasteiger partial charge in [0.1, 0.15) is 11.8 Å². The predicted octanol–water partition coefficient (Wildman–Crippen LogP) is 0.545. The molecule has 0 spiro atoms. The molecular weight excluding hydrogens is 210 g/mol. The largest absolute Gasteiger partial charge is 0.469 e. The molecule has 0 unspecified atom stereocenters. The lowest BCUT2D eigenvalue weighted by Gasteiger charge is -2.15. The summed E-state index contributed by atoms with van der Waals surface area (Å²) in [4.78, 5) is 10.5. The fraction of sp³-hybridized carbons (Fsp3) is 0.600. The Hall–Kier alpha value is -1.56. The van der Waals surface area contributed by atoms with Gasteiger partial charge in [-0.05, 0) is 6.92 Å². The van der Waals surface area contributed by atoms with Crippen molar-refractivity contribution < 1.29 is 18.4 Å². The van der Waals surface area contributed by atoms with Crippen molar-refractivity contribution in [1.82, 2.24) is 9.78 Å². The van der Waals surface area contributed by atoms with E-state index < -0.39 is 6.98 Å². The second-order valence-electron chi connectivity index (χ2n) is 3.58. The Kier molecular flexibility index (Phi) is 2.17. The van der Waals surface area contributed by atoms with E-state index in [1.807, 2.05) is 6.92 Å². The van der Waals surface area contributed by atoms with Crippen LogP contribution in [0.1, 0.15) is 17.5 Å². The quantitative estimate of drug-likeness (QED) is 0.764. The molecule has 1 aliphatic heterocycles. The Morgan fingerprint density at radius 2 is 2.75 bits per heavy atom. The van der Waals surface area contributed by atoms with Gasteiger partial charge < -0.3 is 14.8 Å². The number of amides is 1. The van der Waals surface area contributed by atoms with Crippen LogP contribution in [0.25, 0.3) is 0 Å². The van der Waals surface area contributed by atoms with Crippen LogP contribution in [0.5, 0.6) is 5.88 Å². The Morgan fingerprint density at radius 3 is 3.38 bits per heavy atom. The van der Waals surface area contributed by atoms with Crippen molar-refractivity contribution in [1.29, 1.82) is 0 Å². The van der Waals surface area contributed by atoms with E-state index in [4.69, 9.17) is 13.6 Å². The molecule has 0 saturated carbocycles. The first kappa shape index (κ1) is 7.67. The minimum absolute atomic E-state index is 0.0885. The summed E-state index contributed by atoms with van der Waals surface area (Å²) in [6, 6.07) is 0. The van der Waals surface area contributed by atoms with E-state index >= 15 is 0 Å². The third-order valence-corrected chi connectivity index (χ3v) is 2.46. The Bertz CT molecular complexity index is 461. The average molecular weight is 228 g/mol. The first-order valence-electron chi connectivity index (χ1n) is 6.50. The molecule has 16 heavy (non-hydrogen) atoms. The smallest absolute Gasteiger partial charge is 0.257 e. The van der Waals surface area contributed by atoms with E-state index in [1.54, 1.807) is 0 Å². The van der Waals surface area contributed by atoms with Crippen molar-refractivity contribution in [2.75, 3.05) is 11.9 Å². The lowest BCUT2D eigenvalue weighted by atomic mass is 10.2. The van der Waals surface area contributed by atoms with Crippen LogP contribution in [-0.2, 0) is 16.5 Å². The third kappa shape index (κ3) is 2.16. The molecule has 2 rings (SSSR count). The number of nitrogens with zero attached hydrogens (tertiary/aromatic N) is 2. The van der Waals surface area contributed by atoms with Crippen LogP contribution in [0.3, 0.4) is 0 Å². The summed E-state index contributed by atoms with van der Waals surface area (Å²) in [5.41, 5.74) is 0.227. The molecule has 0 aromatic carbocycles. The van der Waals surface area contributed by atoms with Crippen LogP contribution >= 0.6 is 0 Å². The van der Waals surface area contributed by atoms with Gasteiger partial charge in [0.25, 0.3) is 5.88 Å². The number of hydrogen-bond donors (Lipinski definition) is 1. The standard InChI is InChI=1S/C10H15N3O3/c1-7-9(3-4-15-7)16-10-8(11-6-14)5-13(2)12-10/h5-7,9H,3-4H2,1-2H3,(H,11,14)/t7-,9+/m0/s1/i2D3. The summed E-state index contributed by atoms with van der Waals surface area (Å²) in [7, 11) is 0. The highest BCUT2D eigenvalue weighted by Gasteiger charge is 2.27. The topological polar surface area (TPSA) is 65.4 Å². The fourth-order valence-corrected chi connectivity index (χ4v) is 1.62. The summed E-state index contributed by atoms with van der Waals surface area (Å²) in [6.07, 6.45) is 2.07. The maximum atomic E-state index is 10.5. The van der Waals surface area contributed by atoms with E-state index in [9.17, 15) is 4.79 Å². The van der Waals surface area contributed by atoms with Crippen molar-refractivity contribution in [2.45, 2.75) is 25.6 Å². The highest BCUT2D eigenvalue weighted by atomic mass is 16.6. The molecule has 1 aromatic rings. The number of aromatic nitrogens is 2. The van der Waals surface area contributed by atoms with Crippen LogP contribution in [0.15, 0.2) is 6.20 Å². The number of ether oxygens (including phenoxy) is 2. The molecule has 88 valence electrons. The molecule has 0 aliphatic carbocycles. The zero-order valence-electron chi connectivity index (χ0n) is 11.8. The molecule has 2 atom stereocenters. The van der Waals surface area contributed by atoms with Gasteiger partial charge in [0, 0.05) is 17.5 Å². The average Bonchev–Trinajstić information content (AvgIpc) is 2.88. The fourth-order valence-electron chi connectivity index (χ4n) is 1.62. The monoisotopic (exact) mass is 228 g/mol. The van der Waals surface area contributed by atoms with Crippen molar-refractivity contribution in [3.8, 4) is 5.88 Å². The molecule has 1 N–H and O–H groups in total. The van der Waals surface area contributed by atoms with Crippen molar-refractivity contribution in [3.05, 3.63) is 6.20 Å². The predicted molar refractivity (Wildman–Crippen MR) is 57.3 cm³/mol. The van der Waals surface area contributed by atoms with Crippen LogP contribution in [0.4, 0.5) is 5.69 Å². The molecule has 1 fully saturated rings. The zero-order chi connectivity index (χ0) is 14.0. The van der Waals surface area contributed by atoms with Gasteiger partial charge in [0.05, 0.1) is 18.9 Å². The lowest BCUT2D eigenvalue weighted by molar-refractivity contribution is -0.105. The molecule has 6 heteroatoms. The van der Waals surface area contributed by atoms with Crippen molar-refractivity contribution in [2.24, 2.45) is 6.98 Å². The van der Waals surface area contributed by atoms with Crippen molar-refractivity contribution >= 4 is 12.1 Å². The van der Waals surface area contributed by atoms with E-state index in [0.29, 0.717) is 19.4 Å². The molecule has 1 aliphatic rings.